The van der Waals surface area contributed by atoms with Crippen LogP contribution in [0.3, 0.4) is 0 Å². The van der Waals surface area contributed by atoms with E-state index in [0.29, 0.717) is 11.5 Å². The molecule has 94 valence electrons. The van der Waals surface area contributed by atoms with Crippen molar-refractivity contribution in [2.75, 3.05) is 0 Å². The SMILES string of the molecule is Cc1ccccc1OP(F)Oc1ccccc1C. The normalized spacial score (nSPS) is 10.4. The molecule has 0 unspecified atom stereocenters. The maximum Gasteiger partial charge on any atom is 0.505 e. The molecule has 0 radical (unpaired) electrons. The zero-order valence-electron chi connectivity index (χ0n) is 10.3. The highest BCUT2D eigenvalue weighted by atomic mass is 31.2. The van der Waals surface area contributed by atoms with Crippen LogP contribution in [0.25, 0.3) is 0 Å². The molecule has 0 aliphatic rings. The van der Waals surface area contributed by atoms with Crippen molar-refractivity contribution < 1.29 is 13.2 Å². The van der Waals surface area contributed by atoms with E-state index in [2.05, 4.69) is 0 Å². The van der Waals surface area contributed by atoms with E-state index < -0.39 is 8.69 Å². The van der Waals surface area contributed by atoms with Crippen molar-refractivity contribution in [3.63, 3.8) is 0 Å². The Morgan fingerprint density at radius 1 is 0.778 bits per heavy atom. The minimum absolute atomic E-state index is 0.514. The first-order valence-electron chi connectivity index (χ1n) is 5.60. The average Bonchev–Trinajstić information content (AvgIpc) is 2.35. The maximum absolute atomic E-state index is 13.8. The maximum atomic E-state index is 13.8. The molecule has 0 fully saturated rings. The fourth-order valence-corrected chi connectivity index (χ4v) is 2.25. The van der Waals surface area contributed by atoms with E-state index in [9.17, 15) is 4.20 Å². The van der Waals surface area contributed by atoms with Crippen LogP contribution < -0.4 is 9.05 Å². The lowest BCUT2D eigenvalue weighted by atomic mass is 10.2. The van der Waals surface area contributed by atoms with E-state index in [4.69, 9.17) is 9.05 Å². The highest BCUT2D eigenvalue weighted by molar-refractivity contribution is 7.42. The summed E-state index contributed by atoms with van der Waals surface area (Å²) in [5.74, 6) is 1.03. The first-order chi connectivity index (χ1) is 8.66. The third-order valence-corrected chi connectivity index (χ3v) is 3.21. The predicted octanol–water partition coefficient (Wildman–Crippen LogP) is 4.96. The summed E-state index contributed by atoms with van der Waals surface area (Å²) in [7, 11) is -2.47. The number of hydrogen-bond donors (Lipinski definition) is 0. The molecule has 0 saturated carbocycles. The van der Waals surface area contributed by atoms with Crippen molar-refractivity contribution in [2.24, 2.45) is 0 Å². The Kier molecular flexibility index (Phi) is 4.16. The second-order valence-electron chi connectivity index (χ2n) is 3.93. The Hall–Kier alpha value is -1.60. The van der Waals surface area contributed by atoms with E-state index in [1.54, 1.807) is 24.3 Å². The van der Waals surface area contributed by atoms with Gasteiger partial charge in [0.2, 0.25) is 0 Å². The molecular formula is C14H14FO2P. The highest BCUT2D eigenvalue weighted by Crippen LogP contribution is 2.43. The second-order valence-corrected chi connectivity index (χ2v) is 4.72. The van der Waals surface area contributed by atoms with E-state index in [1.807, 2.05) is 38.1 Å². The molecule has 0 aliphatic carbocycles. The number of rotatable bonds is 4. The molecule has 0 spiro atoms. The zero-order chi connectivity index (χ0) is 13.0. The van der Waals surface area contributed by atoms with Gasteiger partial charge in [0.05, 0.1) is 0 Å². The molecule has 4 heteroatoms. The topological polar surface area (TPSA) is 18.5 Å². The van der Waals surface area contributed by atoms with Gasteiger partial charge in [0.25, 0.3) is 0 Å². The Morgan fingerprint density at radius 3 is 1.56 bits per heavy atom. The van der Waals surface area contributed by atoms with Crippen LogP contribution >= 0.6 is 8.69 Å². The third-order valence-electron chi connectivity index (χ3n) is 2.53. The van der Waals surface area contributed by atoms with Crippen LogP contribution in [0.2, 0.25) is 0 Å². The monoisotopic (exact) mass is 264 g/mol. The van der Waals surface area contributed by atoms with Crippen molar-refractivity contribution in [3.05, 3.63) is 59.7 Å². The van der Waals surface area contributed by atoms with Crippen LogP contribution in [0.4, 0.5) is 4.20 Å². The van der Waals surface area contributed by atoms with Gasteiger partial charge in [-0.15, -0.1) is 4.20 Å². The smallest absolute Gasteiger partial charge is 0.414 e. The number of halogens is 1. The summed E-state index contributed by atoms with van der Waals surface area (Å²) in [6.07, 6.45) is 0. The molecule has 18 heavy (non-hydrogen) atoms. The zero-order valence-corrected chi connectivity index (χ0v) is 11.2. The molecule has 0 N–H and O–H groups in total. The first kappa shape index (κ1) is 12.8. The minimum atomic E-state index is -2.47. The number of hydrogen-bond acceptors (Lipinski definition) is 2. The lowest BCUT2D eigenvalue weighted by molar-refractivity contribution is 0.436. The van der Waals surface area contributed by atoms with Crippen molar-refractivity contribution >= 4 is 8.69 Å². The van der Waals surface area contributed by atoms with Gasteiger partial charge in [0.15, 0.2) is 0 Å². The van der Waals surface area contributed by atoms with Gasteiger partial charge in [0, 0.05) is 0 Å². The van der Waals surface area contributed by atoms with Crippen LogP contribution in [-0.2, 0) is 0 Å². The van der Waals surface area contributed by atoms with Crippen LogP contribution in [0.1, 0.15) is 11.1 Å². The third kappa shape index (κ3) is 3.21. The summed E-state index contributed by atoms with van der Waals surface area (Å²) in [4.78, 5) is 0. The Balaban J connectivity index is 2.04. The molecule has 2 aromatic rings. The molecule has 0 atom stereocenters. The molecule has 0 aromatic heterocycles. The summed E-state index contributed by atoms with van der Waals surface area (Å²) in [6.45, 7) is 3.73. The fourth-order valence-electron chi connectivity index (χ4n) is 1.49. The van der Waals surface area contributed by atoms with Crippen LogP contribution in [0, 0.1) is 13.8 Å². The van der Waals surface area contributed by atoms with Gasteiger partial charge in [-0.1, -0.05) is 36.4 Å². The van der Waals surface area contributed by atoms with Crippen LogP contribution in [0.15, 0.2) is 48.5 Å². The molecule has 2 nitrogen and oxygen atoms in total. The van der Waals surface area contributed by atoms with Crippen LogP contribution in [0.5, 0.6) is 11.5 Å². The molecule has 0 saturated heterocycles. The van der Waals surface area contributed by atoms with E-state index >= 15 is 0 Å². The molecule has 0 bridgehead atoms. The first-order valence-corrected chi connectivity index (χ1v) is 6.67. The van der Waals surface area contributed by atoms with Gasteiger partial charge in [-0.05, 0) is 37.1 Å². The lowest BCUT2D eigenvalue weighted by Gasteiger charge is -2.13. The van der Waals surface area contributed by atoms with E-state index in [0.717, 1.165) is 11.1 Å². The Bertz CT molecular complexity index is 483. The van der Waals surface area contributed by atoms with E-state index in [-0.39, 0.29) is 0 Å². The van der Waals surface area contributed by atoms with Gasteiger partial charge in [0.1, 0.15) is 11.5 Å². The lowest BCUT2D eigenvalue weighted by Crippen LogP contribution is -1.94. The van der Waals surface area contributed by atoms with Crippen molar-refractivity contribution in [3.8, 4) is 11.5 Å². The summed E-state index contributed by atoms with van der Waals surface area (Å²) in [5.41, 5.74) is 1.77. The van der Waals surface area contributed by atoms with Crippen LogP contribution in [-0.4, -0.2) is 0 Å². The van der Waals surface area contributed by atoms with Gasteiger partial charge >= 0.3 is 8.69 Å². The van der Waals surface area contributed by atoms with Gasteiger partial charge in [-0.3, -0.25) is 0 Å². The summed E-state index contributed by atoms with van der Waals surface area (Å²) >= 11 is 0. The highest BCUT2D eigenvalue weighted by Gasteiger charge is 2.16. The number of benzene rings is 2. The molecule has 2 rings (SSSR count). The largest absolute Gasteiger partial charge is 0.505 e. The summed E-state index contributed by atoms with van der Waals surface area (Å²) in [6, 6.07) is 14.6. The molecule has 0 amide bonds. The summed E-state index contributed by atoms with van der Waals surface area (Å²) < 4.78 is 24.1. The van der Waals surface area contributed by atoms with Crippen molar-refractivity contribution in [2.45, 2.75) is 13.8 Å². The number of aryl methyl sites for hydroxylation is 2. The van der Waals surface area contributed by atoms with Gasteiger partial charge < -0.3 is 9.05 Å². The summed E-state index contributed by atoms with van der Waals surface area (Å²) in [5, 5.41) is 0. The molecular weight excluding hydrogens is 250 g/mol. The predicted molar refractivity (Wildman–Crippen MR) is 71.6 cm³/mol. The second kappa shape index (κ2) is 5.83. The standard InChI is InChI=1S/C14H14FO2P/c1-11-7-3-5-9-13(11)16-18(15)17-14-10-6-4-8-12(14)2/h3-10H,1-2H3. The Labute approximate surface area is 107 Å². The Morgan fingerprint density at radius 2 is 1.17 bits per heavy atom. The van der Waals surface area contributed by atoms with E-state index in [1.165, 1.54) is 0 Å². The van der Waals surface area contributed by atoms with Gasteiger partial charge in [-0.25, -0.2) is 0 Å². The molecule has 0 heterocycles. The average molecular weight is 264 g/mol. The molecule has 0 aliphatic heterocycles. The van der Waals surface area contributed by atoms with Gasteiger partial charge in [-0.2, -0.15) is 0 Å². The number of para-hydroxylation sites is 2. The minimum Gasteiger partial charge on any atom is -0.414 e. The van der Waals surface area contributed by atoms with Crippen molar-refractivity contribution in [1.82, 2.24) is 0 Å². The fraction of sp³-hybridized carbons (Fsp3) is 0.143. The quantitative estimate of drug-likeness (QED) is 0.727. The molecule has 2 aromatic carbocycles. The van der Waals surface area contributed by atoms with Crippen molar-refractivity contribution in [1.29, 1.82) is 0 Å².